The number of anilines is 1. The molecule has 2 aromatic carbocycles. The highest BCUT2D eigenvalue weighted by atomic mass is 79.9. The van der Waals surface area contributed by atoms with E-state index >= 15 is 0 Å². The van der Waals surface area contributed by atoms with Crippen LogP contribution in [0.2, 0.25) is 0 Å². The fourth-order valence-electron chi connectivity index (χ4n) is 1.55. The Morgan fingerprint density at radius 2 is 1.55 bits per heavy atom. The van der Waals surface area contributed by atoms with Crippen molar-refractivity contribution in [2.45, 2.75) is 0 Å². The Kier molecular flexibility index (Phi) is 4.41. The summed E-state index contributed by atoms with van der Waals surface area (Å²) in [6, 6.07) is 8.09. The van der Waals surface area contributed by atoms with Crippen LogP contribution in [0.15, 0.2) is 51.1 Å². The lowest BCUT2D eigenvalue weighted by atomic mass is 10.2. The predicted molar refractivity (Wildman–Crippen MR) is 82.5 cm³/mol. The zero-order valence-corrected chi connectivity index (χ0v) is 12.4. The zero-order chi connectivity index (χ0) is 16.3. The van der Waals surface area contributed by atoms with E-state index in [1.54, 1.807) is 0 Å². The topological polar surface area (TPSA) is 137 Å². The van der Waals surface area contributed by atoms with Crippen molar-refractivity contribution in [3.05, 3.63) is 61.1 Å². The number of halogens is 1. The van der Waals surface area contributed by atoms with Gasteiger partial charge >= 0.3 is 0 Å². The van der Waals surface area contributed by atoms with Gasteiger partial charge in [-0.3, -0.25) is 20.2 Å². The number of nitro benzene ring substituents is 2. The second-order valence-corrected chi connectivity index (χ2v) is 4.95. The molecule has 0 aliphatic rings. The number of nitrogen functional groups attached to an aromatic ring is 1. The molecular formula is C12H8BrN5O4. The predicted octanol–water partition coefficient (Wildman–Crippen LogP) is 4.26. The van der Waals surface area contributed by atoms with E-state index in [-0.39, 0.29) is 22.7 Å². The van der Waals surface area contributed by atoms with Crippen LogP contribution in [0, 0.1) is 20.2 Å². The van der Waals surface area contributed by atoms with Gasteiger partial charge in [0.25, 0.3) is 11.4 Å². The molecule has 10 heteroatoms. The highest BCUT2D eigenvalue weighted by molar-refractivity contribution is 9.10. The molecule has 0 aliphatic heterocycles. The van der Waals surface area contributed by atoms with E-state index in [9.17, 15) is 20.2 Å². The summed E-state index contributed by atoms with van der Waals surface area (Å²) in [5.74, 6) is 0. The van der Waals surface area contributed by atoms with E-state index in [1.165, 1.54) is 36.4 Å². The molecule has 0 unspecified atom stereocenters. The van der Waals surface area contributed by atoms with Crippen LogP contribution in [0.3, 0.4) is 0 Å². The van der Waals surface area contributed by atoms with E-state index < -0.39 is 9.85 Å². The van der Waals surface area contributed by atoms with Gasteiger partial charge in [0.15, 0.2) is 0 Å². The number of nitrogens with zero attached hydrogens (tertiary/aromatic N) is 4. The van der Waals surface area contributed by atoms with Gasteiger partial charge in [-0.1, -0.05) is 0 Å². The summed E-state index contributed by atoms with van der Waals surface area (Å²) in [6.07, 6.45) is 0. The van der Waals surface area contributed by atoms with Crippen molar-refractivity contribution in [3.8, 4) is 0 Å². The second-order valence-electron chi connectivity index (χ2n) is 4.09. The van der Waals surface area contributed by atoms with Gasteiger partial charge in [-0.25, -0.2) is 0 Å². The maximum absolute atomic E-state index is 10.9. The lowest BCUT2D eigenvalue weighted by Crippen LogP contribution is -1.96. The highest BCUT2D eigenvalue weighted by Crippen LogP contribution is 2.35. The third-order valence-electron chi connectivity index (χ3n) is 2.63. The number of rotatable bonds is 4. The Morgan fingerprint density at radius 1 is 0.955 bits per heavy atom. The number of hydrogen-bond acceptors (Lipinski definition) is 7. The second kappa shape index (κ2) is 6.26. The molecule has 22 heavy (non-hydrogen) atoms. The maximum atomic E-state index is 10.9. The minimum atomic E-state index is -0.620. The largest absolute Gasteiger partial charge is 0.392 e. The van der Waals surface area contributed by atoms with E-state index in [0.717, 1.165) is 0 Å². The minimum absolute atomic E-state index is 0.000661. The normalized spacial score (nSPS) is 10.8. The van der Waals surface area contributed by atoms with Crippen LogP contribution in [0.1, 0.15) is 0 Å². The Hall–Kier alpha value is -2.88. The molecule has 0 saturated heterocycles. The third kappa shape index (κ3) is 3.41. The number of hydrogen-bond donors (Lipinski definition) is 1. The molecule has 0 saturated carbocycles. The smallest absolute Gasteiger partial charge is 0.295 e. The van der Waals surface area contributed by atoms with Crippen LogP contribution < -0.4 is 5.73 Å². The third-order valence-corrected chi connectivity index (χ3v) is 3.29. The van der Waals surface area contributed by atoms with Crippen LogP contribution in [-0.4, -0.2) is 9.85 Å². The van der Waals surface area contributed by atoms with Gasteiger partial charge in [0.2, 0.25) is 0 Å². The van der Waals surface area contributed by atoms with Gasteiger partial charge in [0.1, 0.15) is 5.69 Å². The van der Waals surface area contributed by atoms with Gasteiger partial charge in [0.05, 0.1) is 21.2 Å². The molecule has 0 fully saturated rings. The molecule has 0 aromatic heterocycles. The Morgan fingerprint density at radius 3 is 2.09 bits per heavy atom. The quantitative estimate of drug-likeness (QED) is 0.373. The highest BCUT2D eigenvalue weighted by Gasteiger charge is 2.15. The van der Waals surface area contributed by atoms with Crippen molar-refractivity contribution >= 4 is 44.4 Å². The standard InChI is InChI=1S/C12H8BrN5O4/c13-10-5-8(6-11(12(10)14)18(21)22)16-15-7-1-3-9(4-2-7)17(19)20/h1-6H,14H2/b16-15+. The van der Waals surface area contributed by atoms with Crippen molar-refractivity contribution in [1.82, 2.24) is 0 Å². The average Bonchev–Trinajstić information content (AvgIpc) is 2.48. The lowest BCUT2D eigenvalue weighted by molar-refractivity contribution is -0.384. The molecule has 2 N–H and O–H groups in total. The molecule has 0 spiro atoms. The summed E-state index contributed by atoms with van der Waals surface area (Å²) >= 11 is 3.11. The van der Waals surface area contributed by atoms with Gasteiger partial charge in [0, 0.05) is 22.7 Å². The number of non-ortho nitro benzene ring substituents is 1. The zero-order valence-electron chi connectivity index (χ0n) is 10.8. The van der Waals surface area contributed by atoms with Crippen LogP contribution in [0.4, 0.5) is 28.4 Å². The van der Waals surface area contributed by atoms with Gasteiger partial charge in [-0.2, -0.15) is 10.2 Å². The molecule has 9 nitrogen and oxygen atoms in total. The van der Waals surface area contributed by atoms with Crippen LogP contribution in [-0.2, 0) is 0 Å². The average molecular weight is 366 g/mol. The molecule has 0 amide bonds. The Labute approximate surface area is 131 Å². The van der Waals surface area contributed by atoms with Crippen LogP contribution >= 0.6 is 15.9 Å². The first-order valence-electron chi connectivity index (χ1n) is 5.78. The fourth-order valence-corrected chi connectivity index (χ4v) is 1.99. The van der Waals surface area contributed by atoms with E-state index in [2.05, 4.69) is 26.2 Å². The van der Waals surface area contributed by atoms with Gasteiger partial charge in [-0.05, 0) is 34.1 Å². The summed E-state index contributed by atoms with van der Waals surface area (Å²) in [4.78, 5) is 20.3. The lowest BCUT2D eigenvalue weighted by Gasteiger charge is -2.01. The molecule has 112 valence electrons. The van der Waals surface area contributed by atoms with Gasteiger partial charge < -0.3 is 5.73 Å². The molecule has 2 rings (SSSR count). The van der Waals surface area contributed by atoms with Crippen molar-refractivity contribution in [3.63, 3.8) is 0 Å². The van der Waals surface area contributed by atoms with Crippen molar-refractivity contribution in [2.75, 3.05) is 5.73 Å². The van der Waals surface area contributed by atoms with E-state index in [4.69, 9.17) is 5.73 Å². The first kappa shape index (κ1) is 15.5. The van der Waals surface area contributed by atoms with E-state index in [1.807, 2.05) is 0 Å². The number of azo groups is 1. The van der Waals surface area contributed by atoms with E-state index in [0.29, 0.717) is 10.2 Å². The summed E-state index contributed by atoms with van der Waals surface area (Å²) in [7, 11) is 0. The van der Waals surface area contributed by atoms with Crippen LogP contribution in [0.5, 0.6) is 0 Å². The monoisotopic (exact) mass is 365 g/mol. The first-order valence-corrected chi connectivity index (χ1v) is 6.57. The molecule has 0 aliphatic carbocycles. The van der Waals surface area contributed by atoms with Gasteiger partial charge in [-0.15, -0.1) is 0 Å². The Balaban J connectivity index is 2.30. The van der Waals surface area contributed by atoms with Crippen molar-refractivity contribution in [1.29, 1.82) is 0 Å². The summed E-state index contributed by atoms with van der Waals surface area (Å²) in [6.45, 7) is 0. The fraction of sp³-hybridized carbons (Fsp3) is 0. The molecule has 0 bridgehead atoms. The first-order chi connectivity index (χ1) is 10.4. The molecule has 2 aromatic rings. The summed E-state index contributed by atoms with van der Waals surface area (Å²) in [5.41, 5.74) is 5.83. The molecule has 0 heterocycles. The Bertz CT molecular complexity index is 776. The molecule has 0 atom stereocenters. The summed E-state index contributed by atoms with van der Waals surface area (Å²) < 4.78 is 0.333. The SMILES string of the molecule is Nc1c(Br)cc(/N=N/c2ccc([N+](=O)[O-])cc2)cc1[N+](=O)[O-]. The number of benzene rings is 2. The van der Waals surface area contributed by atoms with Crippen molar-refractivity contribution < 1.29 is 9.85 Å². The maximum Gasteiger partial charge on any atom is 0.295 e. The minimum Gasteiger partial charge on any atom is -0.392 e. The summed E-state index contributed by atoms with van der Waals surface area (Å²) in [5, 5.41) is 29.1. The number of nitrogens with two attached hydrogens (primary N) is 1. The molecular weight excluding hydrogens is 358 g/mol. The van der Waals surface area contributed by atoms with Crippen molar-refractivity contribution in [2.24, 2.45) is 10.2 Å². The molecule has 0 radical (unpaired) electrons. The number of nitro groups is 2. The van der Waals surface area contributed by atoms with Crippen LogP contribution in [0.25, 0.3) is 0 Å².